The van der Waals surface area contributed by atoms with E-state index in [1.54, 1.807) is 38.1 Å². The molecule has 1 aliphatic heterocycles. The molecule has 25 heteroatoms. The minimum atomic E-state index is -4.76. The number of rotatable bonds is 5. The SMILES string of the molecule is C=C(c1cc(Cl)cc(Cl)c1)C(F)(F)F.Cc1nc2c(/C(Cl)=N/O)ccc(Br)c2o1.Cc1nc2c(C3=NOC(c4cc(Cl)cc(Cl)c4)(C(F)(F)F)C3)ccc(Br)c2o1.O=CO[O-].[Na+]. The summed E-state index contributed by atoms with van der Waals surface area (Å²) in [4.78, 5) is 24.7. The van der Waals surface area contributed by atoms with E-state index in [0.29, 0.717) is 49.6 Å². The molecule has 0 aliphatic carbocycles. The van der Waals surface area contributed by atoms with E-state index in [1.807, 2.05) is 0 Å². The Morgan fingerprint density at radius 3 is 1.81 bits per heavy atom. The molecule has 1 atom stereocenters. The third kappa shape index (κ3) is 12.8. The fourth-order valence-corrected chi connectivity index (χ4v) is 7.35. The van der Waals surface area contributed by atoms with Crippen LogP contribution in [0.25, 0.3) is 27.8 Å². The first kappa shape index (κ1) is 53.3. The van der Waals surface area contributed by atoms with Gasteiger partial charge in [0, 0.05) is 50.6 Å². The molecule has 0 radical (unpaired) electrons. The minimum absolute atomic E-state index is 0. The number of hydrogen-bond donors (Lipinski definition) is 1. The predicted molar refractivity (Wildman–Crippen MR) is 222 cm³/mol. The molecule has 11 nitrogen and oxygen atoms in total. The molecule has 0 fully saturated rings. The maximum absolute atomic E-state index is 14.1. The Bertz CT molecular complexity index is 2630. The normalized spacial score (nSPS) is 14.8. The van der Waals surface area contributed by atoms with E-state index < -0.39 is 29.9 Å². The van der Waals surface area contributed by atoms with Crippen LogP contribution in [0, 0.1) is 13.8 Å². The zero-order chi connectivity index (χ0) is 45.6. The van der Waals surface area contributed by atoms with Gasteiger partial charge in [-0.1, -0.05) is 74.9 Å². The number of halogens is 13. The van der Waals surface area contributed by atoms with Gasteiger partial charge < -0.3 is 29.0 Å². The van der Waals surface area contributed by atoms with Crippen LogP contribution in [-0.4, -0.2) is 44.9 Å². The van der Waals surface area contributed by atoms with Gasteiger partial charge in [-0.25, -0.2) is 9.97 Å². The van der Waals surface area contributed by atoms with E-state index in [1.165, 1.54) is 36.4 Å². The summed E-state index contributed by atoms with van der Waals surface area (Å²) in [6.45, 7) is 6.14. The standard InChI is InChI=1S/C18H10BrCl2F3N2O2.C9H6BrClN2O2.C9H5Cl2F3.CH2O3.Na/c1-8-25-15-12(2-3-13(19)16(15)27-8)14-7-17(28-26-14,18(22,23)24)9-4-10(20)6-11(21)5-9;1-4-12-7-5(9(11)13-14)2-3-6(10)8(7)15-4;1-5(9(12,13)14)6-2-7(10)4-8(11)3-6;2-1-4-3;/h2-6H,7H2,1H3;2-3,14H,1H3;2-4H,1H2;1,3H;/q;;;;+1/p-1/b;13-9-;;;. The maximum Gasteiger partial charge on any atom is 1.00 e. The molecule has 1 unspecified atom stereocenters. The first-order chi connectivity index (χ1) is 28.5. The van der Waals surface area contributed by atoms with Crippen LogP contribution >= 0.6 is 89.9 Å². The van der Waals surface area contributed by atoms with E-state index in [0.717, 1.165) is 4.47 Å². The van der Waals surface area contributed by atoms with Crippen molar-refractivity contribution in [1.82, 2.24) is 9.97 Å². The topological polar surface area (TPSA) is 156 Å². The number of oxime groups is 2. The number of aromatic nitrogens is 2. The number of alkyl halides is 6. The minimum Gasteiger partial charge on any atom is -0.662 e. The Balaban J connectivity index is 0.000000255. The molecular formula is C37H22Br2Cl5F6N4NaO7. The van der Waals surface area contributed by atoms with Crippen LogP contribution < -0.4 is 34.8 Å². The summed E-state index contributed by atoms with van der Waals surface area (Å²) in [6, 6.07) is 14.1. The number of allylic oxidation sites excluding steroid dienone is 1. The second-order valence-electron chi connectivity index (χ2n) is 12.0. The first-order valence-electron chi connectivity index (χ1n) is 16.2. The van der Waals surface area contributed by atoms with Crippen molar-refractivity contribution in [3.05, 3.63) is 130 Å². The molecule has 7 rings (SSSR count). The van der Waals surface area contributed by atoms with Crippen LogP contribution in [0.4, 0.5) is 26.3 Å². The second kappa shape index (κ2) is 22.2. The van der Waals surface area contributed by atoms with Crippen molar-refractivity contribution < 1.29 is 89.7 Å². The molecule has 2 aromatic heterocycles. The van der Waals surface area contributed by atoms with Gasteiger partial charge in [0.25, 0.3) is 12.1 Å². The van der Waals surface area contributed by atoms with Crippen molar-refractivity contribution >= 4 is 135 Å². The first-order valence-corrected chi connectivity index (χ1v) is 19.7. The summed E-state index contributed by atoms with van der Waals surface area (Å²) in [7, 11) is 0. The van der Waals surface area contributed by atoms with E-state index in [2.05, 4.69) is 63.6 Å². The summed E-state index contributed by atoms with van der Waals surface area (Å²) >= 11 is 35.4. The van der Waals surface area contributed by atoms with Gasteiger partial charge in [-0.3, -0.25) is 4.79 Å². The van der Waals surface area contributed by atoms with Gasteiger partial charge in [-0.15, -0.1) is 0 Å². The molecule has 3 heterocycles. The summed E-state index contributed by atoms with van der Waals surface area (Å²) < 4.78 is 91.3. The van der Waals surface area contributed by atoms with E-state index >= 15 is 0 Å². The fourth-order valence-electron chi connectivity index (χ4n) is 5.35. The zero-order valence-electron chi connectivity index (χ0n) is 31.4. The monoisotopic (exact) mass is 1100 g/mol. The van der Waals surface area contributed by atoms with Gasteiger partial charge in [0.2, 0.25) is 0 Å². The average Bonchev–Trinajstić information content (AvgIpc) is 3.92. The van der Waals surface area contributed by atoms with Gasteiger partial charge in [0.15, 0.2) is 28.1 Å². The van der Waals surface area contributed by atoms with Gasteiger partial charge in [0.05, 0.1) is 26.7 Å². The van der Waals surface area contributed by atoms with E-state index in [-0.39, 0.29) is 78.1 Å². The third-order valence-corrected chi connectivity index (χ3v) is 10.3. The smallest absolute Gasteiger partial charge is 0.662 e. The zero-order valence-corrected chi connectivity index (χ0v) is 40.3. The quantitative estimate of drug-likeness (QED) is 0.0338. The van der Waals surface area contributed by atoms with Gasteiger partial charge in [-0.05, 0) is 98.1 Å². The molecule has 0 amide bonds. The molecule has 0 bridgehead atoms. The number of carbonyl (C=O) groups excluding carboxylic acids is 1. The Labute approximate surface area is 410 Å². The summed E-state index contributed by atoms with van der Waals surface area (Å²) in [5.41, 5.74) is -0.976. The molecule has 1 aliphatic rings. The van der Waals surface area contributed by atoms with Gasteiger partial charge in [0.1, 0.15) is 11.0 Å². The van der Waals surface area contributed by atoms with Crippen LogP contribution in [0.1, 0.15) is 40.5 Å². The average molecular weight is 1110 g/mol. The second-order valence-corrected chi connectivity index (χ2v) is 15.8. The summed E-state index contributed by atoms with van der Waals surface area (Å²) in [5, 5.41) is 24.2. The van der Waals surface area contributed by atoms with Crippen LogP contribution in [-0.2, 0) is 20.1 Å². The molecular weight excluding hydrogens is 1090 g/mol. The summed E-state index contributed by atoms with van der Waals surface area (Å²) in [5.74, 6) is 0.909. The van der Waals surface area contributed by atoms with Crippen LogP contribution in [0.2, 0.25) is 20.1 Å². The molecule has 6 aromatic rings. The van der Waals surface area contributed by atoms with Crippen molar-refractivity contribution in [3.8, 4) is 0 Å². The van der Waals surface area contributed by atoms with Crippen molar-refractivity contribution in [3.63, 3.8) is 0 Å². The Morgan fingerprint density at radius 1 is 0.871 bits per heavy atom. The van der Waals surface area contributed by atoms with E-state index in [9.17, 15) is 26.3 Å². The van der Waals surface area contributed by atoms with Crippen LogP contribution in [0.3, 0.4) is 0 Å². The van der Waals surface area contributed by atoms with Crippen molar-refractivity contribution in [1.29, 1.82) is 0 Å². The number of fused-ring (bicyclic) bond motifs is 2. The summed E-state index contributed by atoms with van der Waals surface area (Å²) in [6.07, 6.45) is -9.79. The number of hydrogen-bond acceptors (Lipinski definition) is 11. The number of nitrogens with zero attached hydrogens (tertiary/aromatic N) is 4. The predicted octanol–water partition coefficient (Wildman–Crippen LogP) is 10.1. The number of benzene rings is 4. The number of carbonyl (C=O) groups is 1. The molecule has 1 N–H and O–H groups in total. The van der Waals surface area contributed by atoms with Gasteiger partial charge in [-0.2, -0.15) is 26.3 Å². The molecule has 0 spiro atoms. The molecule has 4 aromatic carbocycles. The number of oxazole rings is 2. The van der Waals surface area contributed by atoms with Crippen LogP contribution in [0.5, 0.6) is 0 Å². The molecule has 0 saturated carbocycles. The molecule has 62 heavy (non-hydrogen) atoms. The van der Waals surface area contributed by atoms with Crippen molar-refractivity contribution in [2.75, 3.05) is 0 Å². The Hall–Kier alpha value is -3.08. The molecule has 0 saturated heterocycles. The Kier molecular flexibility index (Phi) is 19.1. The van der Waals surface area contributed by atoms with Crippen molar-refractivity contribution in [2.24, 2.45) is 10.3 Å². The van der Waals surface area contributed by atoms with Crippen molar-refractivity contribution in [2.45, 2.75) is 38.2 Å². The van der Waals surface area contributed by atoms with Gasteiger partial charge >= 0.3 is 41.9 Å². The third-order valence-electron chi connectivity index (χ3n) is 7.93. The van der Waals surface area contributed by atoms with Crippen LogP contribution in [0.15, 0.2) is 95.3 Å². The number of aryl methyl sites for hydroxylation is 2. The maximum atomic E-state index is 14.1. The molecule has 324 valence electrons. The largest absolute Gasteiger partial charge is 1.00 e. The Morgan fingerprint density at radius 2 is 1.34 bits per heavy atom. The fraction of sp³-hybridized carbons (Fsp3) is 0.162. The van der Waals surface area contributed by atoms with E-state index in [4.69, 9.17) is 86.9 Å².